The van der Waals surface area contributed by atoms with Gasteiger partial charge in [-0.25, -0.2) is 4.98 Å². The van der Waals surface area contributed by atoms with Crippen molar-refractivity contribution in [2.75, 3.05) is 12.4 Å². The summed E-state index contributed by atoms with van der Waals surface area (Å²) in [5, 5.41) is 13.6. The van der Waals surface area contributed by atoms with E-state index in [2.05, 4.69) is 22.7 Å². The number of benzene rings is 1. The molecular weight excluding hydrogens is 314 g/mol. The van der Waals surface area contributed by atoms with Crippen LogP contribution in [0.15, 0.2) is 36.4 Å². The van der Waals surface area contributed by atoms with Crippen LogP contribution in [0.5, 0.6) is 11.5 Å². The van der Waals surface area contributed by atoms with Gasteiger partial charge in [-0.1, -0.05) is 18.9 Å². The van der Waals surface area contributed by atoms with Crippen molar-refractivity contribution in [1.82, 2.24) is 9.38 Å². The molecule has 4 rings (SSSR count). The van der Waals surface area contributed by atoms with Crippen LogP contribution in [-0.4, -0.2) is 27.6 Å². The molecule has 25 heavy (non-hydrogen) atoms. The van der Waals surface area contributed by atoms with Crippen LogP contribution in [0.1, 0.15) is 31.4 Å². The average Bonchev–Trinajstić information content (AvgIpc) is 3.25. The molecule has 130 valence electrons. The molecule has 0 aliphatic heterocycles. The summed E-state index contributed by atoms with van der Waals surface area (Å²) >= 11 is 0. The summed E-state index contributed by atoms with van der Waals surface area (Å²) in [5.74, 6) is 1.61. The molecule has 1 aliphatic rings. The number of anilines is 1. The molecular formula is C20H23N3O2. The van der Waals surface area contributed by atoms with Gasteiger partial charge in [-0.3, -0.25) is 4.40 Å². The zero-order valence-corrected chi connectivity index (χ0v) is 14.6. The SMILES string of the molecule is COc1cc(-c2nc3cccc(C)n3c2NC2CCCC2)ccc1O. The van der Waals surface area contributed by atoms with E-state index in [1.165, 1.54) is 25.7 Å². The first kappa shape index (κ1) is 15.8. The number of methoxy groups -OCH3 is 1. The van der Waals surface area contributed by atoms with Crippen molar-refractivity contribution >= 4 is 11.5 Å². The molecule has 3 aromatic rings. The number of nitrogens with one attached hydrogen (secondary N) is 1. The minimum absolute atomic E-state index is 0.136. The molecule has 2 heterocycles. The second-order valence-corrected chi connectivity index (χ2v) is 6.68. The normalized spacial score (nSPS) is 15.0. The molecule has 0 radical (unpaired) electrons. The van der Waals surface area contributed by atoms with E-state index < -0.39 is 0 Å². The Morgan fingerprint density at radius 1 is 1.20 bits per heavy atom. The van der Waals surface area contributed by atoms with Crippen LogP contribution >= 0.6 is 0 Å². The molecule has 0 spiro atoms. The molecule has 1 aromatic carbocycles. The molecule has 5 heteroatoms. The Balaban J connectivity index is 1.88. The standard InChI is InChI=1S/C20H23N3O2/c1-13-6-5-9-18-22-19(14-10-11-16(24)17(12-14)25-2)20(23(13)18)21-15-7-3-4-8-15/h5-6,9-12,15,21,24H,3-4,7-8H2,1-2H3. The molecule has 0 atom stereocenters. The molecule has 0 amide bonds. The van der Waals surface area contributed by atoms with Gasteiger partial charge in [0.05, 0.1) is 7.11 Å². The van der Waals surface area contributed by atoms with Gasteiger partial charge in [0.1, 0.15) is 17.2 Å². The van der Waals surface area contributed by atoms with Gasteiger partial charge in [0.25, 0.3) is 0 Å². The molecule has 1 saturated carbocycles. The maximum atomic E-state index is 9.90. The molecule has 5 nitrogen and oxygen atoms in total. The first-order chi connectivity index (χ1) is 12.2. The zero-order chi connectivity index (χ0) is 17.4. The van der Waals surface area contributed by atoms with Crippen molar-refractivity contribution in [3.63, 3.8) is 0 Å². The minimum Gasteiger partial charge on any atom is -0.504 e. The number of pyridine rings is 1. The van der Waals surface area contributed by atoms with Crippen molar-refractivity contribution in [2.24, 2.45) is 0 Å². The van der Waals surface area contributed by atoms with E-state index in [9.17, 15) is 5.11 Å². The summed E-state index contributed by atoms with van der Waals surface area (Å²) in [4.78, 5) is 4.85. The van der Waals surface area contributed by atoms with Crippen LogP contribution in [0.2, 0.25) is 0 Å². The highest BCUT2D eigenvalue weighted by Crippen LogP contribution is 2.36. The number of imidazole rings is 1. The first-order valence-corrected chi connectivity index (χ1v) is 8.79. The van der Waals surface area contributed by atoms with Crippen molar-refractivity contribution in [3.8, 4) is 22.8 Å². The number of phenolic OH excluding ortho intramolecular Hbond substituents is 1. The quantitative estimate of drug-likeness (QED) is 0.742. The highest BCUT2D eigenvalue weighted by molar-refractivity contribution is 5.78. The van der Waals surface area contributed by atoms with Crippen LogP contribution in [0.3, 0.4) is 0 Å². The van der Waals surface area contributed by atoms with Gasteiger partial charge in [-0.05, 0) is 50.1 Å². The first-order valence-electron chi connectivity index (χ1n) is 8.79. The van der Waals surface area contributed by atoms with Gasteiger partial charge >= 0.3 is 0 Å². The number of aryl methyl sites for hydroxylation is 1. The van der Waals surface area contributed by atoms with Crippen LogP contribution in [0, 0.1) is 6.92 Å². The maximum absolute atomic E-state index is 9.90. The lowest BCUT2D eigenvalue weighted by Crippen LogP contribution is -2.17. The molecule has 2 aromatic heterocycles. The van der Waals surface area contributed by atoms with Crippen LogP contribution in [0.4, 0.5) is 5.82 Å². The average molecular weight is 337 g/mol. The molecule has 1 aliphatic carbocycles. The maximum Gasteiger partial charge on any atom is 0.161 e. The number of fused-ring (bicyclic) bond motifs is 1. The van der Waals surface area contributed by atoms with Gasteiger partial charge in [0.15, 0.2) is 11.5 Å². The van der Waals surface area contributed by atoms with E-state index >= 15 is 0 Å². The second kappa shape index (κ2) is 6.31. The van der Waals surface area contributed by atoms with Crippen molar-refractivity contribution in [3.05, 3.63) is 42.1 Å². The number of ether oxygens (including phenoxy) is 1. The lowest BCUT2D eigenvalue weighted by atomic mass is 10.1. The molecule has 1 fully saturated rings. The molecule has 0 unspecified atom stereocenters. The third-order valence-electron chi connectivity index (χ3n) is 4.99. The van der Waals surface area contributed by atoms with E-state index in [0.717, 1.165) is 28.4 Å². The summed E-state index contributed by atoms with van der Waals surface area (Å²) in [6.45, 7) is 2.09. The van der Waals surface area contributed by atoms with Gasteiger partial charge in [0, 0.05) is 17.3 Å². The van der Waals surface area contributed by atoms with Gasteiger partial charge in [-0.15, -0.1) is 0 Å². The van der Waals surface area contributed by atoms with Crippen LogP contribution in [-0.2, 0) is 0 Å². The molecule has 0 bridgehead atoms. The predicted octanol–water partition coefficient (Wildman–Crippen LogP) is 4.38. The lowest BCUT2D eigenvalue weighted by Gasteiger charge is -2.16. The third kappa shape index (κ3) is 2.80. The fourth-order valence-corrected chi connectivity index (χ4v) is 3.68. The Morgan fingerprint density at radius 3 is 2.76 bits per heavy atom. The molecule has 2 N–H and O–H groups in total. The van der Waals surface area contributed by atoms with Crippen LogP contribution in [0.25, 0.3) is 16.9 Å². The highest BCUT2D eigenvalue weighted by atomic mass is 16.5. The number of aromatic hydroxyl groups is 1. The monoisotopic (exact) mass is 337 g/mol. The van der Waals surface area contributed by atoms with E-state index in [-0.39, 0.29) is 5.75 Å². The van der Waals surface area contributed by atoms with Crippen molar-refractivity contribution in [1.29, 1.82) is 0 Å². The number of nitrogens with zero attached hydrogens (tertiary/aromatic N) is 2. The summed E-state index contributed by atoms with van der Waals surface area (Å²) in [6.07, 6.45) is 4.93. The Bertz CT molecular complexity index is 911. The lowest BCUT2D eigenvalue weighted by molar-refractivity contribution is 0.373. The largest absolute Gasteiger partial charge is 0.504 e. The summed E-state index contributed by atoms with van der Waals surface area (Å²) in [5.41, 5.74) is 3.88. The number of hydrogen-bond acceptors (Lipinski definition) is 4. The van der Waals surface area contributed by atoms with Gasteiger partial charge < -0.3 is 15.2 Å². The smallest absolute Gasteiger partial charge is 0.161 e. The number of phenols is 1. The second-order valence-electron chi connectivity index (χ2n) is 6.68. The fourth-order valence-electron chi connectivity index (χ4n) is 3.68. The number of hydrogen-bond donors (Lipinski definition) is 2. The Labute approximate surface area is 147 Å². The Kier molecular flexibility index (Phi) is 3.99. The van der Waals surface area contributed by atoms with Crippen LogP contribution < -0.4 is 10.1 Å². The number of aromatic nitrogens is 2. The number of rotatable bonds is 4. The molecule has 0 saturated heterocycles. The minimum atomic E-state index is 0.136. The van der Waals surface area contributed by atoms with E-state index in [4.69, 9.17) is 9.72 Å². The van der Waals surface area contributed by atoms with E-state index in [1.807, 2.05) is 24.3 Å². The van der Waals surface area contributed by atoms with Gasteiger partial charge in [0.2, 0.25) is 0 Å². The third-order valence-corrected chi connectivity index (χ3v) is 4.99. The Morgan fingerprint density at radius 2 is 2.00 bits per heavy atom. The Hall–Kier alpha value is -2.69. The zero-order valence-electron chi connectivity index (χ0n) is 14.6. The fraction of sp³-hybridized carbons (Fsp3) is 0.350. The highest BCUT2D eigenvalue weighted by Gasteiger charge is 2.21. The topological polar surface area (TPSA) is 58.8 Å². The predicted molar refractivity (Wildman–Crippen MR) is 99.5 cm³/mol. The summed E-state index contributed by atoms with van der Waals surface area (Å²) < 4.78 is 7.45. The van der Waals surface area contributed by atoms with E-state index in [1.54, 1.807) is 13.2 Å². The summed E-state index contributed by atoms with van der Waals surface area (Å²) in [6, 6.07) is 12.0. The van der Waals surface area contributed by atoms with Gasteiger partial charge in [-0.2, -0.15) is 0 Å². The summed E-state index contributed by atoms with van der Waals surface area (Å²) in [7, 11) is 1.56. The van der Waals surface area contributed by atoms with E-state index in [0.29, 0.717) is 11.8 Å². The van der Waals surface area contributed by atoms with Crippen molar-refractivity contribution < 1.29 is 9.84 Å². The van der Waals surface area contributed by atoms with Crippen molar-refractivity contribution in [2.45, 2.75) is 38.6 Å².